The van der Waals surface area contributed by atoms with Gasteiger partial charge < -0.3 is 14.4 Å². The highest BCUT2D eigenvalue weighted by molar-refractivity contribution is 5.93. The van der Waals surface area contributed by atoms with Crippen molar-refractivity contribution in [3.05, 3.63) is 47.0 Å². The average Bonchev–Trinajstić information content (AvgIpc) is 3.36. The van der Waals surface area contributed by atoms with Crippen molar-refractivity contribution >= 4 is 11.8 Å². The van der Waals surface area contributed by atoms with Crippen LogP contribution in [-0.4, -0.2) is 47.1 Å². The van der Waals surface area contributed by atoms with Crippen molar-refractivity contribution in [2.75, 3.05) is 25.0 Å². The first-order valence-corrected chi connectivity index (χ1v) is 8.84. The van der Waals surface area contributed by atoms with Crippen molar-refractivity contribution in [2.45, 2.75) is 38.3 Å². The van der Waals surface area contributed by atoms with Gasteiger partial charge in [0, 0.05) is 50.4 Å². The van der Waals surface area contributed by atoms with Gasteiger partial charge in [0.05, 0.1) is 12.5 Å². The molecule has 2 aliphatic rings. The van der Waals surface area contributed by atoms with Gasteiger partial charge in [-0.15, -0.1) is 0 Å². The number of carboxylic acid groups (broad SMARTS) is 1. The topological polar surface area (TPSA) is 69.8 Å². The van der Waals surface area contributed by atoms with E-state index in [0.29, 0.717) is 17.4 Å². The van der Waals surface area contributed by atoms with E-state index in [-0.39, 0.29) is 0 Å². The number of pyridine rings is 1. The predicted molar refractivity (Wildman–Crippen MR) is 94.0 cm³/mol. The molecule has 4 rings (SSSR count). The van der Waals surface area contributed by atoms with E-state index in [2.05, 4.69) is 4.90 Å². The van der Waals surface area contributed by atoms with Gasteiger partial charge in [0.25, 0.3) is 0 Å². The fourth-order valence-corrected chi connectivity index (χ4v) is 3.53. The first kappa shape index (κ1) is 16.1. The van der Waals surface area contributed by atoms with Gasteiger partial charge in [-0.25, -0.2) is 9.78 Å². The van der Waals surface area contributed by atoms with Gasteiger partial charge in [-0.2, -0.15) is 0 Å². The van der Waals surface area contributed by atoms with Crippen LogP contribution in [0, 0.1) is 0 Å². The molecule has 1 saturated carbocycles. The van der Waals surface area contributed by atoms with E-state index in [9.17, 15) is 9.90 Å². The molecule has 1 aliphatic carbocycles. The predicted octanol–water partition coefficient (Wildman–Crippen LogP) is 2.57. The molecule has 1 fully saturated rings. The summed E-state index contributed by atoms with van der Waals surface area (Å²) in [5.74, 6) is -0.269. The molecular weight excluding hydrogens is 318 g/mol. The normalized spacial score (nSPS) is 17.8. The van der Waals surface area contributed by atoms with E-state index in [1.54, 1.807) is 12.5 Å². The van der Waals surface area contributed by atoms with Crippen molar-refractivity contribution in [1.82, 2.24) is 9.88 Å². The highest BCUT2D eigenvalue weighted by Crippen LogP contribution is 2.32. The summed E-state index contributed by atoms with van der Waals surface area (Å²) in [5.41, 5.74) is 3.61. The third-order valence-corrected chi connectivity index (χ3v) is 5.18. The Balaban J connectivity index is 1.58. The Morgan fingerprint density at radius 1 is 1.40 bits per heavy atom. The SMILES string of the molecule is CN(c1nc2c(cc1C(=O)O)CCN(Cc1ccoc1)CC2)C1CC1. The Labute approximate surface area is 147 Å². The zero-order valence-corrected chi connectivity index (χ0v) is 14.4. The minimum atomic E-state index is -0.891. The molecule has 0 atom stereocenters. The molecule has 6 nitrogen and oxygen atoms in total. The fraction of sp³-hybridized carbons (Fsp3) is 0.474. The maximum atomic E-state index is 11.7. The number of furan rings is 1. The number of fused-ring (bicyclic) bond motifs is 1. The summed E-state index contributed by atoms with van der Waals surface area (Å²) in [6.07, 6.45) is 7.39. The van der Waals surface area contributed by atoms with Crippen LogP contribution >= 0.6 is 0 Å². The molecule has 1 N–H and O–H groups in total. The second-order valence-electron chi connectivity index (χ2n) is 7.02. The lowest BCUT2D eigenvalue weighted by atomic mass is 10.1. The summed E-state index contributed by atoms with van der Waals surface area (Å²) in [6.45, 7) is 2.67. The van der Waals surface area contributed by atoms with E-state index in [0.717, 1.165) is 56.6 Å². The highest BCUT2D eigenvalue weighted by Gasteiger charge is 2.31. The second kappa shape index (κ2) is 6.52. The number of anilines is 1. The summed E-state index contributed by atoms with van der Waals surface area (Å²) in [7, 11) is 1.96. The van der Waals surface area contributed by atoms with Crippen molar-refractivity contribution in [3.63, 3.8) is 0 Å². The first-order valence-electron chi connectivity index (χ1n) is 8.84. The van der Waals surface area contributed by atoms with Crippen molar-refractivity contribution in [3.8, 4) is 0 Å². The first-order chi connectivity index (χ1) is 12.1. The molecule has 2 aromatic heterocycles. The summed E-state index contributed by atoms with van der Waals surface area (Å²) in [4.78, 5) is 20.9. The third kappa shape index (κ3) is 3.39. The Morgan fingerprint density at radius 2 is 2.20 bits per heavy atom. The molecule has 0 amide bonds. The van der Waals surface area contributed by atoms with E-state index in [1.807, 2.05) is 24.1 Å². The maximum absolute atomic E-state index is 11.7. The number of aromatic carboxylic acids is 1. The number of carbonyl (C=O) groups is 1. The minimum Gasteiger partial charge on any atom is -0.478 e. The number of aromatic nitrogens is 1. The Bertz CT molecular complexity index is 768. The molecule has 0 unspecified atom stereocenters. The number of carboxylic acids is 1. The van der Waals surface area contributed by atoms with Gasteiger partial charge in [-0.05, 0) is 37.0 Å². The number of hydrogen-bond donors (Lipinski definition) is 1. The molecule has 132 valence electrons. The van der Waals surface area contributed by atoms with E-state index in [4.69, 9.17) is 9.40 Å². The third-order valence-electron chi connectivity index (χ3n) is 5.18. The Kier molecular flexibility index (Phi) is 4.21. The zero-order chi connectivity index (χ0) is 17.4. The van der Waals surface area contributed by atoms with E-state index in [1.165, 1.54) is 5.56 Å². The van der Waals surface area contributed by atoms with Gasteiger partial charge in [0.2, 0.25) is 0 Å². The van der Waals surface area contributed by atoms with Gasteiger partial charge in [-0.1, -0.05) is 0 Å². The molecule has 6 heteroatoms. The van der Waals surface area contributed by atoms with Gasteiger partial charge in [0.15, 0.2) is 0 Å². The summed E-state index contributed by atoms with van der Waals surface area (Å²) in [5, 5.41) is 9.62. The lowest BCUT2D eigenvalue weighted by Crippen LogP contribution is -2.25. The number of rotatable bonds is 5. The lowest BCUT2D eigenvalue weighted by Gasteiger charge is -2.21. The standard InChI is InChI=1S/C19H23N3O3/c1-21(15-2-3-15)18-16(19(23)24)10-14-4-7-22(8-5-17(14)20-18)11-13-6-9-25-12-13/h6,9-10,12,15H,2-5,7-8,11H2,1H3,(H,23,24). The van der Waals surface area contributed by atoms with E-state index < -0.39 is 5.97 Å². The van der Waals surface area contributed by atoms with Gasteiger partial charge in [-0.3, -0.25) is 4.90 Å². The van der Waals surface area contributed by atoms with Crippen LogP contribution in [0.3, 0.4) is 0 Å². The van der Waals surface area contributed by atoms with Crippen LogP contribution in [0.5, 0.6) is 0 Å². The molecule has 1 aliphatic heterocycles. The van der Waals surface area contributed by atoms with Crippen LogP contribution in [-0.2, 0) is 19.4 Å². The van der Waals surface area contributed by atoms with Crippen LogP contribution in [0.1, 0.15) is 40.0 Å². The van der Waals surface area contributed by atoms with Crippen LogP contribution in [0.25, 0.3) is 0 Å². The summed E-state index contributed by atoms with van der Waals surface area (Å²) < 4.78 is 5.15. The van der Waals surface area contributed by atoms with Gasteiger partial charge >= 0.3 is 5.97 Å². The molecule has 0 bridgehead atoms. The summed E-state index contributed by atoms with van der Waals surface area (Å²) in [6, 6.07) is 4.27. The zero-order valence-electron chi connectivity index (χ0n) is 14.4. The summed E-state index contributed by atoms with van der Waals surface area (Å²) >= 11 is 0. The Morgan fingerprint density at radius 3 is 2.88 bits per heavy atom. The molecule has 0 saturated heterocycles. The van der Waals surface area contributed by atoms with Crippen molar-refractivity contribution in [1.29, 1.82) is 0 Å². The minimum absolute atomic E-state index is 0.330. The van der Waals surface area contributed by atoms with Crippen molar-refractivity contribution in [2.24, 2.45) is 0 Å². The van der Waals surface area contributed by atoms with Crippen LogP contribution in [0.4, 0.5) is 5.82 Å². The number of hydrogen-bond acceptors (Lipinski definition) is 5. The van der Waals surface area contributed by atoms with Crippen molar-refractivity contribution < 1.29 is 14.3 Å². The average molecular weight is 341 g/mol. The quantitative estimate of drug-likeness (QED) is 0.901. The molecule has 25 heavy (non-hydrogen) atoms. The monoisotopic (exact) mass is 341 g/mol. The molecule has 3 heterocycles. The van der Waals surface area contributed by atoms with Gasteiger partial charge in [0.1, 0.15) is 11.4 Å². The lowest BCUT2D eigenvalue weighted by molar-refractivity contribution is 0.0697. The molecule has 0 aromatic carbocycles. The largest absolute Gasteiger partial charge is 0.478 e. The molecule has 0 radical (unpaired) electrons. The molecular formula is C19H23N3O3. The van der Waals surface area contributed by atoms with E-state index >= 15 is 0 Å². The number of nitrogens with zero attached hydrogens (tertiary/aromatic N) is 3. The molecule has 2 aromatic rings. The van der Waals surface area contributed by atoms with Crippen LogP contribution in [0.15, 0.2) is 29.1 Å². The fourth-order valence-electron chi connectivity index (χ4n) is 3.53. The second-order valence-corrected chi connectivity index (χ2v) is 7.02. The highest BCUT2D eigenvalue weighted by atomic mass is 16.4. The maximum Gasteiger partial charge on any atom is 0.339 e. The Hall–Kier alpha value is -2.34. The smallest absolute Gasteiger partial charge is 0.339 e. The van der Waals surface area contributed by atoms with Crippen LogP contribution in [0.2, 0.25) is 0 Å². The van der Waals surface area contributed by atoms with Crippen LogP contribution < -0.4 is 4.90 Å². The molecule has 0 spiro atoms.